The minimum absolute atomic E-state index is 0.605. The van der Waals surface area contributed by atoms with Crippen molar-refractivity contribution >= 4 is 0 Å². The van der Waals surface area contributed by atoms with Crippen molar-refractivity contribution in [3.63, 3.8) is 0 Å². The fourth-order valence-corrected chi connectivity index (χ4v) is 2.20. The normalized spacial score (nSPS) is 10.0. The highest BCUT2D eigenvalue weighted by molar-refractivity contribution is 5.43. The Kier molecular flexibility index (Phi) is 5.81. The number of hydrogen-bond donors (Lipinski definition) is 1. The van der Waals surface area contributed by atoms with E-state index < -0.39 is 0 Å². The van der Waals surface area contributed by atoms with Crippen LogP contribution in [0.25, 0.3) is 0 Å². The molecule has 0 radical (unpaired) electrons. The average Bonchev–Trinajstić information content (AvgIpc) is 2.56. The molecule has 0 atom stereocenters. The lowest BCUT2D eigenvalue weighted by Crippen LogP contribution is -2.13. The fraction of sp³-hybridized carbons (Fsp3) is 0.278. The lowest BCUT2D eigenvalue weighted by atomic mass is 10.1. The minimum atomic E-state index is 0.605. The maximum absolute atomic E-state index is 8.90. The first-order valence-corrected chi connectivity index (χ1v) is 7.26. The first-order chi connectivity index (χ1) is 10.8. The van der Waals surface area contributed by atoms with Crippen molar-refractivity contribution < 1.29 is 9.47 Å². The molecule has 22 heavy (non-hydrogen) atoms. The number of nitrogens with zero attached hydrogens (tertiary/aromatic N) is 1. The predicted molar refractivity (Wildman–Crippen MR) is 85.9 cm³/mol. The molecule has 0 fully saturated rings. The van der Waals surface area contributed by atoms with Gasteiger partial charge < -0.3 is 14.8 Å². The zero-order valence-corrected chi connectivity index (χ0v) is 12.9. The van der Waals surface area contributed by atoms with Crippen molar-refractivity contribution in [1.29, 1.82) is 5.26 Å². The Balaban J connectivity index is 1.96. The minimum Gasteiger partial charge on any atom is -0.493 e. The van der Waals surface area contributed by atoms with Gasteiger partial charge in [-0.25, -0.2) is 0 Å². The van der Waals surface area contributed by atoms with Crippen LogP contribution in [-0.4, -0.2) is 13.7 Å². The van der Waals surface area contributed by atoms with Crippen LogP contribution in [0.1, 0.15) is 23.6 Å². The first kappa shape index (κ1) is 15.9. The van der Waals surface area contributed by atoms with Gasteiger partial charge >= 0.3 is 0 Å². The molecule has 0 saturated carbocycles. The lowest BCUT2D eigenvalue weighted by Gasteiger charge is -2.11. The first-order valence-electron chi connectivity index (χ1n) is 7.26. The largest absolute Gasteiger partial charge is 0.493 e. The number of methoxy groups -OCH3 is 1. The molecular formula is C18H20N2O2. The van der Waals surface area contributed by atoms with Crippen LogP contribution >= 0.6 is 0 Å². The van der Waals surface area contributed by atoms with Crippen LogP contribution in [0.2, 0.25) is 0 Å². The van der Waals surface area contributed by atoms with Gasteiger partial charge in [-0.2, -0.15) is 5.26 Å². The molecule has 0 aliphatic heterocycles. The fourth-order valence-electron chi connectivity index (χ4n) is 2.20. The third-order valence-electron chi connectivity index (χ3n) is 3.24. The van der Waals surface area contributed by atoms with E-state index in [0.717, 1.165) is 29.2 Å². The predicted octanol–water partition coefficient (Wildman–Crippen LogP) is 3.26. The van der Waals surface area contributed by atoms with Gasteiger partial charge in [-0.15, -0.1) is 0 Å². The maximum Gasteiger partial charge on any atom is 0.161 e. The molecule has 0 heterocycles. The summed E-state index contributed by atoms with van der Waals surface area (Å²) in [6.45, 7) is 3.99. The summed E-state index contributed by atoms with van der Waals surface area (Å²) in [4.78, 5) is 0. The second-order valence-corrected chi connectivity index (χ2v) is 4.83. The lowest BCUT2D eigenvalue weighted by molar-refractivity contribution is 0.310. The van der Waals surface area contributed by atoms with Gasteiger partial charge in [-0.3, -0.25) is 0 Å². The molecule has 114 valence electrons. The van der Waals surface area contributed by atoms with Crippen LogP contribution in [0, 0.1) is 11.3 Å². The zero-order chi connectivity index (χ0) is 15.8. The molecule has 0 spiro atoms. The maximum atomic E-state index is 8.90. The Morgan fingerprint density at radius 1 is 1.05 bits per heavy atom. The second-order valence-electron chi connectivity index (χ2n) is 4.83. The molecule has 0 amide bonds. The topological polar surface area (TPSA) is 54.3 Å². The van der Waals surface area contributed by atoms with E-state index in [2.05, 4.69) is 11.4 Å². The van der Waals surface area contributed by atoms with Crippen LogP contribution in [0.4, 0.5) is 0 Å². The smallest absolute Gasteiger partial charge is 0.161 e. The molecule has 0 aliphatic carbocycles. The van der Waals surface area contributed by atoms with Crippen molar-refractivity contribution in [1.82, 2.24) is 5.32 Å². The molecule has 0 aromatic heterocycles. The van der Waals surface area contributed by atoms with Gasteiger partial charge in [0, 0.05) is 13.1 Å². The van der Waals surface area contributed by atoms with Crippen molar-refractivity contribution in [3.8, 4) is 17.6 Å². The van der Waals surface area contributed by atoms with Crippen molar-refractivity contribution in [2.45, 2.75) is 20.0 Å². The number of benzene rings is 2. The molecule has 2 rings (SSSR count). The molecule has 2 aromatic carbocycles. The molecule has 1 N–H and O–H groups in total. The number of nitrogens with one attached hydrogen (secondary N) is 1. The second kappa shape index (κ2) is 8.06. The van der Waals surface area contributed by atoms with Crippen LogP contribution in [0.5, 0.6) is 11.5 Å². The number of rotatable bonds is 7. The van der Waals surface area contributed by atoms with Crippen LogP contribution in [-0.2, 0) is 13.1 Å². The Bertz CT molecular complexity index is 662. The highest BCUT2D eigenvalue weighted by Gasteiger charge is 2.05. The summed E-state index contributed by atoms with van der Waals surface area (Å²) < 4.78 is 10.9. The molecular weight excluding hydrogens is 276 g/mol. The van der Waals surface area contributed by atoms with Crippen molar-refractivity contribution in [3.05, 3.63) is 59.2 Å². The van der Waals surface area contributed by atoms with Crippen LogP contribution in [0.15, 0.2) is 42.5 Å². The Hall–Kier alpha value is -2.51. The van der Waals surface area contributed by atoms with E-state index in [1.54, 1.807) is 13.2 Å². The summed E-state index contributed by atoms with van der Waals surface area (Å²) in [5.41, 5.74) is 2.90. The third-order valence-corrected chi connectivity index (χ3v) is 3.24. The van der Waals surface area contributed by atoms with E-state index >= 15 is 0 Å². The van der Waals surface area contributed by atoms with Gasteiger partial charge in [-0.1, -0.05) is 18.2 Å². The summed E-state index contributed by atoms with van der Waals surface area (Å²) in [7, 11) is 1.64. The van der Waals surface area contributed by atoms with E-state index in [-0.39, 0.29) is 0 Å². The molecule has 2 aromatic rings. The molecule has 0 unspecified atom stereocenters. The van der Waals surface area contributed by atoms with Crippen LogP contribution < -0.4 is 14.8 Å². The highest BCUT2D eigenvalue weighted by Crippen LogP contribution is 2.27. The summed E-state index contributed by atoms with van der Waals surface area (Å²) in [6.07, 6.45) is 0. The van der Waals surface area contributed by atoms with Gasteiger partial charge in [0.15, 0.2) is 11.5 Å². The van der Waals surface area contributed by atoms with E-state index in [0.29, 0.717) is 18.7 Å². The van der Waals surface area contributed by atoms with E-state index in [1.807, 2.05) is 43.3 Å². The highest BCUT2D eigenvalue weighted by atomic mass is 16.5. The quantitative estimate of drug-likeness (QED) is 0.852. The van der Waals surface area contributed by atoms with Gasteiger partial charge in [0.2, 0.25) is 0 Å². The third kappa shape index (κ3) is 4.24. The van der Waals surface area contributed by atoms with Crippen LogP contribution in [0.3, 0.4) is 0 Å². The van der Waals surface area contributed by atoms with E-state index in [9.17, 15) is 0 Å². The van der Waals surface area contributed by atoms with E-state index in [1.165, 1.54) is 0 Å². The average molecular weight is 296 g/mol. The number of nitriles is 1. The molecule has 0 aliphatic rings. The van der Waals surface area contributed by atoms with Gasteiger partial charge in [0.05, 0.1) is 25.3 Å². The molecule has 4 nitrogen and oxygen atoms in total. The summed E-state index contributed by atoms with van der Waals surface area (Å²) in [6, 6.07) is 15.7. The van der Waals surface area contributed by atoms with Crippen molar-refractivity contribution in [2.75, 3.05) is 13.7 Å². The Morgan fingerprint density at radius 3 is 2.50 bits per heavy atom. The molecule has 4 heteroatoms. The number of ether oxygens (including phenoxy) is 2. The van der Waals surface area contributed by atoms with Crippen molar-refractivity contribution in [2.24, 2.45) is 0 Å². The van der Waals surface area contributed by atoms with Gasteiger partial charge in [-0.05, 0) is 42.3 Å². The summed E-state index contributed by atoms with van der Waals surface area (Å²) in [5.74, 6) is 1.50. The number of hydrogen-bond acceptors (Lipinski definition) is 4. The monoisotopic (exact) mass is 296 g/mol. The molecule has 0 bridgehead atoms. The van der Waals surface area contributed by atoms with Gasteiger partial charge in [0.25, 0.3) is 0 Å². The molecule has 0 saturated heterocycles. The Labute approximate surface area is 131 Å². The standard InChI is InChI=1S/C18H20N2O2/c1-3-22-18-10-16(7-8-17(18)21-2)13-20-12-15-6-4-5-14(9-15)11-19/h4-10,20H,3,12-13H2,1-2H3. The zero-order valence-electron chi connectivity index (χ0n) is 12.9. The van der Waals surface area contributed by atoms with E-state index in [4.69, 9.17) is 14.7 Å². The summed E-state index contributed by atoms with van der Waals surface area (Å²) >= 11 is 0. The summed E-state index contributed by atoms with van der Waals surface area (Å²) in [5, 5.41) is 12.3. The SMILES string of the molecule is CCOc1cc(CNCc2cccc(C#N)c2)ccc1OC. The van der Waals surface area contributed by atoms with Gasteiger partial charge in [0.1, 0.15) is 0 Å². The Morgan fingerprint density at radius 2 is 1.82 bits per heavy atom.